The van der Waals surface area contributed by atoms with Gasteiger partial charge >= 0.3 is 5.97 Å². The van der Waals surface area contributed by atoms with Gasteiger partial charge in [-0.2, -0.15) is 0 Å². The number of hydrogen-bond acceptors (Lipinski definition) is 1. The van der Waals surface area contributed by atoms with Gasteiger partial charge in [0.15, 0.2) is 0 Å². The molecule has 0 bridgehead atoms. The van der Waals surface area contributed by atoms with Crippen LogP contribution in [0.5, 0.6) is 0 Å². The quantitative estimate of drug-likeness (QED) is 0.885. The van der Waals surface area contributed by atoms with Gasteiger partial charge in [-0.05, 0) is 37.1 Å². The van der Waals surface area contributed by atoms with Gasteiger partial charge in [-0.15, -0.1) is 0 Å². The number of hydrogen-bond donors (Lipinski definition) is 1. The first kappa shape index (κ1) is 10.3. The van der Waals surface area contributed by atoms with E-state index >= 15 is 0 Å². The Morgan fingerprint density at radius 2 is 2.18 bits per heavy atom. The Bertz CT molecular complexity index is 599. The van der Waals surface area contributed by atoms with E-state index in [4.69, 9.17) is 5.11 Å². The number of carboxylic acids is 1. The molecule has 1 saturated carbocycles. The fourth-order valence-corrected chi connectivity index (χ4v) is 2.32. The predicted octanol–water partition coefficient (Wildman–Crippen LogP) is 2.74. The van der Waals surface area contributed by atoms with Crippen LogP contribution >= 0.6 is 0 Å². The lowest BCUT2D eigenvalue weighted by Gasteiger charge is -2.07. The van der Waals surface area contributed by atoms with Crippen LogP contribution in [0.3, 0.4) is 0 Å². The Labute approximate surface area is 97.5 Å². The van der Waals surface area contributed by atoms with Crippen molar-refractivity contribution in [2.24, 2.45) is 0 Å². The fourth-order valence-electron chi connectivity index (χ4n) is 2.32. The molecule has 1 heterocycles. The van der Waals surface area contributed by atoms with Crippen molar-refractivity contribution in [3.63, 3.8) is 0 Å². The minimum atomic E-state index is -0.852. The lowest BCUT2D eigenvalue weighted by molar-refractivity contribution is -0.136. The van der Waals surface area contributed by atoms with Crippen LogP contribution in [0.25, 0.3) is 10.9 Å². The van der Waals surface area contributed by atoms with Crippen molar-refractivity contribution < 1.29 is 14.3 Å². The summed E-state index contributed by atoms with van der Waals surface area (Å²) in [5, 5.41) is 9.67. The molecule has 3 nitrogen and oxygen atoms in total. The molecule has 1 N–H and O–H groups in total. The van der Waals surface area contributed by atoms with E-state index in [1.807, 2.05) is 4.57 Å². The highest BCUT2D eigenvalue weighted by Crippen LogP contribution is 2.39. The van der Waals surface area contributed by atoms with E-state index in [2.05, 4.69) is 0 Å². The molecule has 1 aromatic heterocycles. The SMILES string of the molecule is O=C(O)Cc1cc2cc(F)ccc2n1C1CC1. The van der Waals surface area contributed by atoms with Gasteiger partial charge in [-0.25, -0.2) is 4.39 Å². The molecule has 1 aliphatic rings. The molecule has 1 aliphatic carbocycles. The maximum Gasteiger partial charge on any atom is 0.309 e. The monoisotopic (exact) mass is 233 g/mol. The molecule has 0 amide bonds. The van der Waals surface area contributed by atoms with Crippen LogP contribution in [-0.2, 0) is 11.2 Å². The summed E-state index contributed by atoms with van der Waals surface area (Å²) >= 11 is 0. The van der Waals surface area contributed by atoms with Crippen LogP contribution in [0.4, 0.5) is 4.39 Å². The van der Waals surface area contributed by atoms with E-state index in [0.29, 0.717) is 6.04 Å². The minimum Gasteiger partial charge on any atom is -0.481 e. The molecule has 3 rings (SSSR count). The standard InChI is InChI=1S/C13H12FNO2/c14-9-1-4-12-8(5-9)6-11(7-13(16)17)15(12)10-2-3-10/h1,4-6,10H,2-3,7H2,(H,16,17). The van der Waals surface area contributed by atoms with E-state index in [1.54, 1.807) is 12.1 Å². The molecule has 0 saturated heterocycles. The number of aliphatic carboxylic acids is 1. The van der Waals surface area contributed by atoms with Crippen molar-refractivity contribution in [2.45, 2.75) is 25.3 Å². The lowest BCUT2D eigenvalue weighted by atomic mass is 10.2. The van der Waals surface area contributed by atoms with Gasteiger partial charge in [0.1, 0.15) is 5.82 Å². The van der Waals surface area contributed by atoms with E-state index in [9.17, 15) is 9.18 Å². The van der Waals surface area contributed by atoms with Crippen LogP contribution in [0.15, 0.2) is 24.3 Å². The average Bonchev–Trinajstić information content (AvgIpc) is 3.00. The van der Waals surface area contributed by atoms with E-state index in [0.717, 1.165) is 29.4 Å². The summed E-state index contributed by atoms with van der Waals surface area (Å²) in [4.78, 5) is 10.8. The van der Waals surface area contributed by atoms with Crippen molar-refractivity contribution in [1.29, 1.82) is 0 Å². The van der Waals surface area contributed by atoms with Gasteiger partial charge in [-0.1, -0.05) is 0 Å². The zero-order chi connectivity index (χ0) is 12.0. The second-order valence-corrected chi connectivity index (χ2v) is 4.51. The summed E-state index contributed by atoms with van der Waals surface area (Å²) in [5.41, 5.74) is 1.70. The molecule has 17 heavy (non-hydrogen) atoms. The van der Waals surface area contributed by atoms with E-state index < -0.39 is 5.97 Å². The first-order chi connectivity index (χ1) is 8.15. The Balaban J connectivity index is 2.19. The second kappa shape index (κ2) is 3.58. The van der Waals surface area contributed by atoms with Crippen LogP contribution in [-0.4, -0.2) is 15.6 Å². The summed E-state index contributed by atoms with van der Waals surface area (Å²) in [6.45, 7) is 0. The molecule has 1 fully saturated rings. The third kappa shape index (κ3) is 1.79. The van der Waals surface area contributed by atoms with E-state index in [1.165, 1.54) is 12.1 Å². The molecule has 2 aromatic rings. The Morgan fingerprint density at radius 3 is 2.82 bits per heavy atom. The first-order valence-electron chi connectivity index (χ1n) is 5.66. The number of fused-ring (bicyclic) bond motifs is 1. The number of nitrogens with zero attached hydrogens (tertiary/aromatic N) is 1. The van der Waals surface area contributed by atoms with Crippen molar-refractivity contribution >= 4 is 16.9 Å². The summed E-state index contributed by atoms with van der Waals surface area (Å²) in [5.74, 6) is -1.14. The number of benzene rings is 1. The van der Waals surface area contributed by atoms with Crippen molar-refractivity contribution in [3.05, 3.63) is 35.8 Å². The van der Waals surface area contributed by atoms with Crippen molar-refractivity contribution in [1.82, 2.24) is 4.57 Å². The summed E-state index contributed by atoms with van der Waals surface area (Å²) in [7, 11) is 0. The molecular weight excluding hydrogens is 221 g/mol. The Morgan fingerprint density at radius 1 is 1.41 bits per heavy atom. The van der Waals surface area contributed by atoms with Gasteiger partial charge in [0.05, 0.1) is 6.42 Å². The highest BCUT2D eigenvalue weighted by atomic mass is 19.1. The molecule has 1 aromatic carbocycles. The highest BCUT2D eigenvalue weighted by molar-refractivity contribution is 5.83. The van der Waals surface area contributed by atoms with Crippen LogP contribution < -0.4 is 0 Å². The Hall–Kier alpha value is -1.84. The number of rotatable bonds is 3. The third-order valence-electron chi connectivity index (χ3n) is 3.13. The molecule has 4 heteroatoms. The molecule has 0 atom stereocenters. The van der Waals surface area contributed by atoms with Gasteiger partial charge < -0.3 is 9.67 Å². The smallest absolute Gasteiger partial charge is 0.309 e. The van der Waals surface area contributed by atoms with Gasteiger partial charge in [0.2, 0.25) is 0 Å². The lowest BCUT2D eigenvalue weighted by Crippen LogP contribution is -2.06. The zero-order valence-corrected chi connectivity index (χ0v) is 9.19. The number of carbonyl (C=O) groups is 1. The van der Waals surface area contributed by atoms with Crippen LogP contribution in [0.2, 0.25) is 0 Å². The minimum absolute atomic E-state index is 0.00714. The number of carboxylic acid groups (broad SMARTS) is 1. The van der Waals surface area contributed by atoms with Gasteiger partial charge in [0, 0.05) is 22.6 Å². The first-order valence-corrected chi connectivity index (χ1v) is 5.66. The fraction of sp³-hybridized carbons (Fsp3) is 0.308. The third-order valence-corrected chi connectivity index (χ3v) is 3.13. The molecule has 88 valence electrons. The van der Waals surface area contributed by atoms with Crippen LogP contribution in [0.1, 0.15) is 24.6 Å². The largest absolute Gasteiger partial charge is 0.481 e. The maximum absolute atomic E-state index is 13.1. The van der Waals surface area contributed by atoms with Crippen molar-refractivity contribution in [2.75, 3.05) is 0 Å². The average molecular weight is 233 g/mol. The molecule has 0 aliphatic heterocycles. The Kier molecular flexibility index (Phi) is 2.18. The zero-order valence-electron chi connectivity index (χ0n) is 9.19. The number of halogens is 1. The summed E-state index contributed by atoms with van der Waals surface area (Å²) < 4.78 is 15.2. The summed E-state index contributed by atoms with van der Waals surface area (Å²) in [6.07, 6.45) is 2.15. The number of aromatic nitrogens is 1. The molecular formula is C13H12FNO2. The maximum atomic E-state index is 13.1. The van der Waals surface area contributed by atoms with Gasteiger partial charge in [0.25, 0.3) is 0 Å². The molecule has 0 spiro atoms. The van der Waals surface area contributed by atoms with Gasteiger partial charge in [-0.3, -0.25) is 4.79 Å². The summed E-state index contributed by atoms with van der Waals surface area (Å²) in [6, 6.07) is 6.79. The topological polar surface area (TPSA) is 42.2 Å². The predicted molar refractivity (Wildman–Crippen MR) is 61.5 cm³/mol. The van der Waals surface area contributed by atoms with Crippen LogP contribution in [0, 0.1) is 5.82 Å². The van der Waals surface area contributed by atoms with Crippen molar-refractivity contribution in [3.8, 4) is 0 Å². The highest BCUT2D eigenvalue weighted by Gasteiger charge is 2.27. The van der Waals surface area contributed by atoms with E-state index in [-0.39, 0.29) is 12.2 Å². The molecule has 0 radical (unpaired) electrons. The normalized spacial score (nSPS) is 15.4. The molecule has 0 unspecified atom stereocenters. The second-order valence-electron chi connectivity index (χ2n) is 4.51.